The second kappa shape index (κ2) is 13.4. The summed E-state index contributed by atoms with van der Waals surface area (Å²) in [7, 11) is 0. The molecule has 0 radical (unpaired) electrons. The van der Waals surface area contributed by atoms with E-state index in [-0.39, 0.29) is 82.0 Å². The molecular formula is C43H46F3N9O3. The van der Waals surface area contributed by atoms with Gasteiger partial charge in [0.05, 0.1) is 54.7 Å². The highest BCUT2D eigenvalue weighted by Crippen LogP contribution is 2.76. The first-order valence-electron chi connectivity index (χ1n) is 20.7. The van der Waals surface area contributed by atoms with Gasteiger partial charge in [-0.05, 0) is 80.4 Å². The van der Waals surface area contributed by atoms with Gasteiger partial charge < -0.3 is 26.0 Å². The number of anilines is 1. The van der Waals surface area contributed by atoms with Crippen molar-refractivity contribution in [2.24, 2.45) is 63.6 Å². The van der Waals surface area contributed by atoms with Crippen LogP contribution in [-0.2, 0) is 9.53 Å². The Hall–Kier alpha value is -4.75. The molecule has 8 fully saturated rings. The number of rotatable bonds is 14. The number of halogens is 3. The molecule has 15 heteroatoms. The molecule has 1 aromatic carbocycles. The van der Waals surface area contributed by atoms with Crippen molar-refractivity contribution in [3.63, 3.8) is 0 Å². The van der Waals surface area contributed by atoms with Gasteiger partial charge in [-0.2, -0.15) is 15.8 Å². The largest absolute Gasteiger partial charge is 0.442 e. The van der Waals surface area contributed by atoms with Crippen molar-refractivity contribution in [1.82, 2.24) is 26.3 Å². The Kier molecular flexibility index (Phi) is 8.66. The summed E-state index contributed by atoms with van der Waals surface area (Å²) >= 11 is 0. The molecule has 4 N–H and O–H groups in total. The zero-order chi connectivity index (χ0) is 40.2. The van der Waals surface area contributed by atoms with E-state index < -0.39 is 42.2 Å². The fourth-order valence-electron chi connectivity index (χ4n) is 12.7. The molecule has 13 atom stereocenters. The SMILES string of the molecule is N#CC1C2CNCC12CCCCC(C(c1ccc(-c2ccc(N3C[C@H](CNC(=O)C4CC4(F)F)OC3=O)cc2F)cn1)C12CNCC1C2C#N)C12CNCC1C2C#N. The van der Waals surface area contributed by atoms with Crippen molar-refractivity contribution in [2.45, 2.75) is 50.0 Å². The second-order valence-electron chi connectivity index (χ2n) is 18.3. The maximum absolute atomic E-state index is 15.9. The van der Waals surface area contributed by atoms with Gasteiger partial charge in [-0.3, -0.25) is 14.7 Å². The molecular weight excluding hydrogens is 748 g/mol. The number of nitriles is 3. The predicted octanol–water partition coefficient (Wildman–Crippen LogP) is 4.32. The quantitative estimate of drug-likeness (QED) is 0.202. The Labute approximate surface area is 334 Å². The summed E-state index contributed by atoms with van der Waals surface area (Å²) in [5, 5.41) is 43.7. The van der Waals surface area contributed by atoms with Crippen LogP contribution in [0, 0.1) is 103 Å². The fourth-order valence-corrected chi connectivity index (χ4v) is 12.7. The minimum Gasteiger partial charge on any atom is -0.442 e. The number of amides is 2. The van der Waals surface area contributed by atoms with Crippen LogP contribution in [0.2, 0.25) is 0 Å². The number of benzene rings is 1. The standard InChI is InChI=1S/C43H46F3N9O3/c44-35-9-24(55-19-25(58-39(55)57)15-54-38(56)28-10-43(28,45)46)5-6-26(35)23-4-7-36(53-14-23)37(42-22-52-18-34(42)31(42)13-49)27(41-21-51-17-33(41)30(41)12-48)3-1-2-8-40-20-50-16-32(40)29(40)11-47/h4-7,9,14,25,27-34,37,50-52H,1-3,8,10,15-22H2,(H,54,56)/t25-,27?,28?,29?,30?,31?,32?,33?,34?,37?,40?,41?,42?/m0/s1. The molecule has 2 amide bonds. The van der Waals surface area contributed by atoms with Crippen LogP contribution in [0.3, 0.4) is 0 Å². The average molecular weight is 794 g/mol. The fraction of sp³-hybridized carbons (Fsp3) is 0.628. The maximum Gasteiger partial charge on any atom is 0.414 e. The molecule has 8 aliphatic rings. The molecule has 302 valence electrons. The van der Waals surface area contributed by atoms with Gasteiger partial charge in [0.2, 0.25) is 5.91 Å². The van der Waals surface area contributed by atoms with Crippen molar-refractivity contribution in [1.29, 1.82) is 15.8 Å². The summed E-state index contributed by atoms with van der Waals surface area (Å²) in [6.07, 6.45) is 3.54. The van der Waals surface area contributed by atoms with Crippen molar-refractivity contribution in [2.75, 3.05) is 57.3 Å². The second-order valence-corrected chi connectivity index (χ2v) is 18.3. The predicted molar refractivity (Wildman–Crippen MR) is 202 cm³/mol. The lowest BCUT2D eigenvalue weighted by Crippen LogP contribution is -2.38. The number of pyridine rings is 1. The highest BCUT2D eigenvalue weighted by atomic mass is 19.3. The smallest absolute Gasteiger partial charge is 0.414 e. The zero-order valence-corrected chi connectivity index (χ0v) is 32.0. The first-order valence-corrected chi connectivity index (χ1v) is 20.7. The van der Waals surface area contributed by atoms with Crippen LogP contribution < -0.4 is 26.2 Å². The summed E-state index contributed by atoms with van der Waals surface area (Å²) in [4.78, 5) is 31.0. The summed E-state index contributed by atoms with van der Waals surface area (Å²) in [5.41, 5.74) is 1.50. The zero-order valence-electron chi connectivity index (χ0n) is 32.0. The first kappa shape index (κ1) is 37.5. The van der Waals surface area contributed by atoms with Crippen molar-refractivity contribution < 1.29 is 27.5 Å². The van der Waals surface area contributed by atoms with Crippen molar-refractivity contribution >= 4 is 17.7 Å². The Bertz CT molecular complexity index is 2170. The van der Waals surface area contributed by atoms with Crippen molar-refractivity contribution in [3.8, 4) is 29.3 Å². The molecule has 4 saturated carbocycles. The summed E-state index contributed by atoms with van der Waals surface area (Å²) < 4.78 is 47.8. The molecule has 4 saturated heterocycles. The number of unbranched alkanes of at least 4 members (excludes halogenated alkanes) is 1. The van der Waals surface area contributed by atoms with E-state index in [1.54, 1.807) is 18.3 Å². The minimum absolute atomic E-state index is 0.0164. The van der Waals surface area contributed by atoms with E-state index in [4.69, 9.17) is 9.72 Å². The number of carbonyl (C=O) groups excluding carboxylic acids is 2. The molecule has 10 rings (SSSR count). The number of cyclic esters (lactones) is 1. The molecule has 12 nitrogen and oxygen atoms in total. The lowest BCUT2D eigenvalue weighted by atomic mass is 9.65. The van der Waals surface area contributed by atoms with Gasteiger partial charge in [0.15, 0.2) is 0 Å². The number of fused-ring (bicyclic) bond motifs is 3. The van der Waals surface area contributed by atoms with E-state index >= 15 is 4.39 Å². The number of hydrogen-bond acceptors (Lipinski definition) is 10. The van der Waals surface area contributed by atoms with Crippen LogP contribution in [0.25, 0.3) is 11.1 Å². The maximum atomic E-state index is 15.9. The lowest BCUT2D eigenvalue weighted by molar-refractivity contribution is -0.124. The number of hydrogen-bond donors (Lipinski definition) is 4. The molecule has 0 spiro atoms. The van der Waals surface area contributed by atoms with E-state index in [9.17, 15) is 34.2 Å². The lowest BCUT2D eigenvalue weighted by Gasteiger charge is -2.39. The Morgan fingerprint density at radius 1 is 0.948 bits per heavy atom. The summed E-state index contributed by atoms with van der Waals surface area (Å²) in [6.45, 7) is 4.72. The highest BCUT2D eigenvalue weighted by molar-refractivity contribution is 5.90. The molecule has 4 aliphatic heterocycles. The minimum atomic E-state index is -3.00. The topological polar surface area (TPSA) is 179 Å². The van der Waals surface area contributed by atoms with Gasteiger partial charge in [-0.25, -0.2) is 18.0 Å². The molecule has 58 heavy (non-hydrogen) atoms. The Balaban J connectivity index is 0.891. The first-order chi connectivity index (χ1) is 28.0. The highest BCUT2D eigenvalue weighted by Gasteiger charge is 2.78. The molecule has 2 aromatic rings. The van der Waals surface area contributed by atoms with Gasteiger partial charge in [0.25, 0.3) is 5.92 Å². The van der Waals surface area contributed by atoms with Crippen LogP contribution in [0.15, 0.2) is 36.5 Å². The molecule has 12 unspecified atom stereocenters. The summed E-state index contributed by atoms with van der Waals surface area (Å²) in [5.74, 6) is -4.91. The molecule has 1 aromatic heterocycles. The van der Waals surface area contributed by atoms with Gasteiger partial charge in [0.1, 0.15) is 17.8 Å². The van der Waals surface area contributed by atoms with E-state index in [0.717, 1.165) is 64.1 Å². The van der Waals surface area contributed by atoms with E-state index in [1.165, 1.54) is 11.0 Å². The van der Waals surface area contributed by atoms with Crippen LogP contribution in [-0.4, -0.2) is 81.4 Å². The van der Waals surface area contributed by atoms with Gasteiger partial charge in [-0.1, -0.05) is 18.9 Å². The molecule has 5 heterocycles. The number of nitrogens with one attached hydrogen (secondary N) is 4. The van der Waals surface area contributed by atoms with Crippen LogP contribution >= 0.6 is 0 Å². The Morgan fingerprint density at radius 3 is 2.28 bits per heavy atom. The van der Waals surface area contributed by atoms with E-state index in [1.807, 2.05) is 12.1 Å². The number of nitrogens with zero attached hydrogens (tertiary/aromatic N) is 5. The van der Waals surface area contributed by atoms with Gasteiger partial charge >= 0.3 is 6.09 Å². The van der Waals surface area contributed by atoms with Crippen LogP contribution in [0.4, 0.5) is 23.7 Å². The number of piperidine rings is 3. The van der Waals surface area contributed by atoms with Crippen LogP contribution in [0.5, 0.6) is 0 Å². The number of aromatic nitrogens is 1. The Morgan fingerprint density at radius 2 is 1.64 bits per heavy atom. The monoisotopic (exact) mass is 793 g/mol. The molecule has 4 aliphatic carbocycles. The third kappa shape index (κ3) is 5.51. The number of alkyl halides is 2. The molecule has 0 bridgehead atoms. The third-order valence-electron chi connectivity index (χ3n) is 15.9. The number of ether oxygens (including phenoxy) is 1. The van der Waals surface area contributed by atoms with E-state index in [0.29, 0.717) is 18.0 Å². The average Bonchev–Trinajstić information content (AvgIpc) is 4.07. The van der Waals surface area contributed by atoms with Gasteiger partial charge in [0, 0.05) is 71.2 Å². The number of carbonyl (C=O) groups is 2. The third-order valence-corrected chi connectivity index (χ3v) is 15.9. The normalized spacial score (nSPS) is 38.9. The van der Waals surface area contributed by atoms with E-state index in [2.05, 4.69) is 39.5 Å². The van der Waals surface area contributed by atoms with Gasteiger partial charge in [-0.15, -0.1) is 0 Å². The summed E-state index contributed by atoms with van der Waals surface area (Å²) in [6, 6.07) is 16.1. The van der Waals surface area contributed by atoms with Crippen molar-refractivity contribution in [3.05, 3.63) is 48.0 Å². The van der Waals surface area contributed by atoms with Crippen LogP contribution in [0.1, 0.15) is 43.7 Å².